The van der Waals surface area contributed by atoms with Crippen molar-refractivity contribution in [2.24, 2.45) is 0 Å². The molecule has 0 bridgehead atoms. The summed E-state index contributed by atoms with van der Waals surface area (Å²) in [5.74, 6) is -0.523. The number of halogens is 8. The van der Waals surface area contributed by atoms with Crippen molar-refractivity contribution in [3.05, 3.63) is 77.9 Å². The molecule has 1 aliphatic heterocycles. The van der Waals surface area contributed by atoms with E-state index in [0.29, 0.717) is 40.8 Å². The van der Waals surface area contributed by atoms with E-state index >= 15 is 0 Å². The highest BCUT2D eigenvalue weighted by Gasteiger charge is 2.34. The van der Waals surface area contributed by atoms with Gasteiger partial charge in [-0.15, -0.1) is 13.2 Å². The molecule has 11 heteroatoms. The summed E-state index contributed by atoms with van der Waals surface area (Å²) < 4.78 is 112. The van der Waals surface area contributed by atoms with Crippen molar-refractivity contribution >= 4 is 5.69 Å². The van der Waals surface area contributed by atoms with Crippen LogP contribution >= 0.6 is 0 Å². The Bertz CT molecular complexity index is 1230. The zero-order valence-corrected chi connectivity index (χ0v) is 19.1. The normalized spacial score (nSPS) is 16.0. The van der Waals surface area contributed by atoms with Crippen LogP contribution < -0.4 is 14.4 Å². The Hall–Kier alpha value is -3.50. The summed E-state index contributed by atoms with van der Waals surface area (Å²) in [5.41, 5.74) is 2.65. The first-order valence-corrected chi connectivity index (χ1v) is 11.3. The minimum absolute atomic E-state index is 0.107. The van der Waals surface area contributed by atoms with Gasteiger partial charge in [-0.3, -0.25) is 0 Å². The maximum absolute atomic E-state index is 13.2. The lowest BCUT2D eigenvalue weighted by Crippen LogP contribution is -2.36. The molecule has 1 atom stereocenters. The van der Waals surface area contributed by atoms with Gasteiger partial charge in [0.05, 0.1) is 12.5 Å². The third kappa shape index (κ3) is 6.84. The van der Waals surface area contributed by atoms with Crippen LogP contribution in [0.4, 0.5) is 40.8 Å². The molecule has 0 N–H and O–H groups in total. The number of benzene rings is 3. The van der Waals surface area contributed by atoms with Crippen molar-refractivity contribution in [2.45, 2.75) is 44.5 Å². The van der Waals surface area contributed by atoms with E-state index in [4.69, 9.17) is 0 Å². The molecule has 0 amide bonds. The summed E-state index contributed by atoms with van der Waals surface area (Å²) in [6.07, 6.45) is -9.69. The standard InChI is InChI=1S/C26H21F8NO2/c27-24(28)36-18-6-2-5-17(15-18)22-11-10-21-20(16-4-1-7-19(14-16)37-26(32,33)34)8-3-9-23(21)35(22)13-12-25(29,30)31/h1-9,14-15,22,24H,10-13H2/t22-/m1/s1. The summed E-state index contributed by atoms with van der Waals surface area (Å²) in [6, 6.07) is 15.6. The zero-order chi connectivity index (χ0) is 26.8. The van der Waals surface area contributed by atoms with Gasteiger partial charge in [0.1, 0.15) is 11.5 Å². The summed E-state index contributed by atoms with van der Waals surface area (Å²) in [4.78, 5) is 1.56. The maximum Gasteiger partial charge on any atom is 0.573 e. The predicted octanol–water partition coefficient (Wildman–Crippen LogP) is 8.30. The fourth-order valence-corrected chi connectivity index (χ4v) is 4.61. The second kappa shape index (κ2) is 10.5. The van der Waals surface area contributed by atoms with E-state index in [9.17, 15) is 35.1 Å². The Morgan fingerprint density at radius 1 is 0.865 bits per heavy atom. The van der Waals surface area contributed by atoms with Crippen LogP contribution in [0.1, 0.15) is 30.0 Å². The highest BCUT2D eigenvalue weighted by molar-refractivity contribution is 5.76. The molecule has 1 aliphatic rings. The fourth-order valence-electron chi connectivity index (χ4n) is 4.61. The number of fused-ring (bicyclic) bond motifs is 1. The molecule has 3 aromatic carbocycles. The summed E-state index contributed by atoms with van der Waals surface area (Å²) in [6.45, 7) is -3.45. The van der Waals surface area contributed by atoms with Gasteiger partial charge >= 0.3 is 19.2 Å². The van der Waals surface area contributed by atoms with Crippen LogP contribution in [0.5, 0.6) is 11.5 Å². The number of anilines is 1. The van der Waals surface area contributed by atoms with Gasteiger partial charge in [0, 0.05) is 12.2 Å². The minimum atomic E-state index is -4.88. The van der Waals surface area contributed by atoms with Crippen LogP contribution in [0, 0.1) is 0 Å². The van der Waals surface area contributed by atoms with E-state index in [-0.39, 0.29) is 5.75 Å². The average Bonchev–Trinajstić information content (AvgIpc) is 2.80. The number of hydrogen-bond donors (Lipinski definition) is 0. The van der Waals surface area contributed by atoms with Crippen LogP contribution in [-0.4, -0.2) is 25.7 Å². The van der Waals surface area contributed by atoms with Crippen LogP contribution in [0.2, 0.25) is 0 Å². The van der Waals surface area contributed by atoms with Crippen molar-refractivity contribution < 1.29 is 44.6 Å². The van der Waals surface area contributed by atoms with Crippen LogP contribution in [0.3, 0.4) is 0 Å². The topological polar surface area (TPSA) is 21.7 Å². The largest absolute Gasteiger partial charge is 0.573 e. The molecule has 1 heterocycles. The van der Waals surface area contributed by atoms with Crippen molar-refractivity contribution in [3.63, 3.8) is 0 Å². The van der Waals surface area contributed by atoms with Gasteiger partial charge in [-0.1, -0.05) is 36.4 Å². The molecule has 0 fully saturated rings. The molecule has 0 saturated heterocycles. The lowest BCUT2D eigenvalue weighted by Gasteiger charge is -2.40. The van der Waals surface area contributed by atoms with Crippen molar-refractivity contribution in [3.8, 4) is 22.6 Å². The van der Waals surface area contributed by atoms with E-state index in [2.05, 4.69) is 9.47 Å². The van der Waals surface area contributed by atoms with Gasteiger partial charge < -0.3 is 14.4 Å². The smallest absolute Gasteiger partial charge is 0.435 e. The van der Waals surface area contributed by atoms with Crippen molar-refractivity contribution in [2.75, 3.05) is 11.4 Å². The maximum atomic E-state index is 13.2. The quantitative estimate of drug-likeness (QED) is 0.286. The first-order chi connectivity index (χ1) is 17.4. The van der Waals surface area contributed by atoms with Crippen LogP contribution in [-0.2, 0) is 6.42 Å². The highest BCUT2D eigenvalue weighted by Crippen LogP contribution is 2.44. The lowest BCUT2D eigenvalue weighted by atomic mass is 9.86. The predicted molar refractivity (Wildman–Crippen MR) is 121 cm³/mol. The Morgan fingerprint density at radius 2 is 1.57 bits per heavy atom. The van der Waals surface area contributed by atoms with Gasteiger partial charge in [-0.2, -0.15) is 22.0 Å². The fraction of sp³-hybridized carbons (Fsp3) is 0.308. The number of hydrogen-bond acceptors (Lipinski definition) is 3. The molecular weight excluding hydrogens is 510 g/mol. The SMILES string of the molecule is FC(F)Oc1cccc([C@H]2CCc3c(-c4cccc(OC(F)(F)F)c4)cccc3N2CCC(F)(F)F)c1. The minimum Gasteiger partial charge on any atom is -0.435 e. The lowest BCUT2D eigenvalue weighted by molar-refractivity contribution is -0.274. The van der Waals surface area contributed by atoms with Crippen molar-refractivity contribution in [1.29, 1.82) is 0 Å². The highest BCUT2D eigenvalue weighted by atomic mass is 19.4. The first-order valence-electron chi connectivity index (χ1n) is 11.3. The molecule has 0 aliphatic carbocycles. The van der Waals surface area contributed by atoms with Crippen LogP contribution in [0.25, 0.3) is 11.1 Å². The summed E-state index contributed by atoms with van der Waals surface area (Å²) >= 11 is 0. The van der Waals surface area contributed by atoms with E-state index in [1.54, 1.807) is 35.2 Å². The van der Waals surface area contributed by atoms with Crippen molar-refractivity contribution in [1.82, 2.24) is 0 Å². The molecule has 0 aromatic heterocycles. The first kappa shape index (κ1) is 26.6. The molecule has 37 heavy (non-hydrogen) atoms. The second-order valence-corrected chi connectivity index (χ2v) is 8.44. The average molecular weight is 531 g/mol. The van der Waals surface area contributed by atoms with E-state index in [1.165, 1.54) is 30.3 Å². The zero-order valence-electron chi connectivity index (χ0n) is 19.1. The Morgan fingerprint density at radius 3 is 2.27 bits per heavy atom. The second-order valence-electron chi connectivity index (χ2n) is 8.44. The monoisotopic (exact) mass is 531 g/mol. The van der Waals surface area contributed by atoms with Gasteiger partial charge in [-0.05, 0) is 65.4 Å². The molecule has 0 unspecified atom stereocenters. The number of ether oxygens (including phenoxy) is 2. The number of rotatable bonds is 7. The molecule has 3 aromatic rings. The van der Waals surface area contributed by atoms with Gasteiger partial charge in [-0.25, -0.2) is 0 Å². The molecule has 0 radical (unpaired) electrons. The Kier molecular flexibility index (Phi) is 7.52. The summed E-state index contributed by atoms with van der Waals surface area (Å²) in [5, 5.41) is 0. The molecule has 0 spiro atoms. The molecule has 3 nitrogen and oxygen atoms in total. The third-order valence-corrected chi connectivity index (χ3v) is 5.99. The van der Waals surface area contributed by atoms with Crippen LogP contribution in [0.15, 0.2) is 66.7 Å². The van der Waals surface area contributed by atoms with E-state index in [0.717, 1.165) is 6.07 Å². The summed E-state index contributed by atoms with van der Waals surface area (Å²) in [7, 11) is 0. The molecule has 4 rings (SSSR count). The molecule has 0 saturated carbocycles. The molecular formula is C26H21F8NO2. The Labute approximate surface area is 207 Å². The van der Waals surface area contributed by atoms with Gasteiger partial charge in [0.15, 0.2) is 0 Å². The van der Waals surface area contributed by atoms with E-state index < -0.39 is 43.9 Å². The third-order valence-electron chi connectivity index (χ3n) is 5.99. The number of nitrogens with zero attached hydrogens (tertiary/aromatic N) is 1. The molecule has 198 valence electrons. The number of alkyl halides is 8. The van der Waals surface area contributed by atoms with E-state index in [1.807, 2.05) is 0 Å². The Balaban J connectivity index is 1.74. The van der Waals surface area contributed by atoms with Gasteiger partial charge in [0.2, 0.25) is 0 Å². The van der Waals surface area contributed by atoms with Gasteiger partial charge in [0.25, 0.3) is 0 Å².